The van der Waals surface area contributed by atoms with Crippen LogP contribution in [0.4, 0.5) is 0 Å². The van der Waals surface area contributed by atoms with Crippen LogP contribution in [0.5, 0.6) is 0 Å². The van der Waals surface area contributed by atoms with Gasteiger partial charge in [-0.15, -0.1) is 0 Å². The summed E-state index contributed by atoms with van der Waals surface area (Å²) in [7, 11) is 0. The molecule has 1 saturated heterocycles. The van der Waals surface area contributed by atoms with E-state index in [1.165, 1.54) is 0 Å². The third kappa shape index (κ3) is 3.92. The Hall–Kier alpha value is -1.86. The van der Waals surface area contributed by atoms with Crippen LogP contribution in [0, 0.1) is 24.2 Å². The molecular formula is C19H27N3O. The average molecular weight is 313 g/mol. The quantitative estimate of drug-likeness (QED) is 0.839. The van der Waals surface area contributed by atoms with Gasteiger partial charge in [-0.3, -0.25) is 9.69 Å². The Bertz CT molecular complexity index is 566. The lowest BCUT2D eigenvalue weighted by atomic mass is 9.99. The lowest BCUT2D eigenvalue weighted by Gasteiger charge is -2.38. The van der Waals surface area contributed by atoms with E-state index >= 15 is 0 Å². The van der Waals surface area contributed by atoms with E-state index in [9.17, 15) is 10.1 Å². The second kappa shape index (κ2) is 8.12. The van der Waals surface area contributed by atoms with Crippen LogP contribution in [0.15, 0.2) is 24.3 Å². The zero-order valence-electron chi connectivity index (χ0n) is 14.5. The molecule has 1 unspecified atom stereocenters. The van der Waals surface area contributed by atoms with Gasteiger partial charge in [0.05, 0.1) is 6.07 Å². The molecule has 0 N–H and O–H groups in total. The van der Waals surface area contributed by atoms with Gasteiger partial charge in [-0.25, -0.2) is 0 Å². The fourth-order valence-electron chi connectivity index (χ4n) is 3.34. The van der Waals surface area contributed by atoms with Crippen LogP contribution in [0.1, 0.15) is 43.9 Å². The van der Waals surface area contributed by atoms with Gasteiger partial charge in [-0.1, -0.05) is 38.1 Å². The van der Waals surface area contributed by atoms with E-state index in [2.05, 4.69) is 24.8 Å². The van der Waals surface area contributed by atoms with Gasteiger partial charge >= 0.3 is 0 Å². The minimum atomic E-state index is -0.221. The summed E-state index contributed by atoms with van der Waals surface area (Å²) in [5.41, 5.74) is 2.23. The van der Waals surface area contributed by atoms with E-state index in [0.717, 1.165) is 50.1 Å². The number of hydrogen-bond donors (Lipinski definition) is 0. The molecule has 2 rings (SSSR count). The predicted octanol–water partition coefficient (Wildman–Crippen LogP) is 3.14. The average Bonchev–Trinajstić information content (AvgIpc) is 2.59. The third-order valence-corrected chi connectivity index (χ3v) is 4.93. The lowest BCUT2D eigenvalue weighted by molar-refractivity contribution is -0.137. The van der Waals surface area contributed by atoms with Crippen molar-refractivity contribution in [3.8, 4) is 6.07 Å². The van der Waals surface area contributed by atoms with Gasteiger partial charge in [0.15, 0.2) is 0 Å². The van der Waals surface area contributed by atoms with Gasteiger partial charge in [0.2, 0.25) is 5.91 Å². The van der Waals surface area contributed by atoms with Crippen molar-refractivity contribution in [2.24, 2.45) is 5.92 Å². The van der Waals surface area contributed by atoms with Crippen molar-refractivity contribution in [1.82, 2.24) is 9.80 Å². The molecule has 1 amide bonds. The SMILES string of the molecule is CCC(CC)C(=O)N1CCN(C(C#N)c2ccccc2C)CC1. The van der Waals surface area contributed by atoms with E-state index in [0.29, 0.717) is 0 Å². The summed E-state index contributed by atoms with van der Waals surface area (Å²) in [6.07, 6.45) is 1.80. The first-order valence-corrected chi connectivity index (χ1v) is 8.60. The van der Waals surface area contributed by atoms with Crippen molar-refractivity contribution < 1.29 is 4.79 Å². The number of piperazine rings is 1. The molecule has 0 aromatic heterocycles. The lowest BCUT2D eigenvalue weighted by Crippen LogP contribution is -2.51. The fraction of sp³-hybridized carbons (Fsp3) is 0.579. The highest BCUT2D eigenvalue weighted by atomic mass is 16.2. The Kier molecular flexibility index (Phi) is 6.18. The van der Waals surface area contributed by atoms with E-state index in [1.807, 2.05) is 36.1 Å². The fourth-order valence-corrected chi connectivity index (χ4v) is 3.34. The first-order chi connectivity index (χ1) is 11.1. The molecule has 4 heteroatoms. The largest absolute Gasteiger partial charge is 0.340 e. The summed E-state index contributed by atoms with van der Waals surface area (Å²) in [5, 5.41) is 9.62. The second-order valence-corrected chi connectivity index (χ2v) is 6.26. The van der Waals surface area contributed by atoms with Crippen molar-refractivity contribution in [1.29, 1.82) is 5.26 Å². The summed E-state index contributed by atoms with van der Waals surface area (Å²) in [4.78, 5) is 16.6. The number of aryl methyl sites for hydroxylation is 1. The van der Waals surface area contributed by atoms with Crippen LogP contribution >= 0.6 is 0 Å². The third-order valence-electron chi connectivity index (χ3n) is 4.93. The minimum absolute atomic E-state index is 0.143. The maximum atomic E-state index is 12.5. The molecular weight excluding hydrogens is 286 g/mol. The molecule has 0 aliphatic carbocycles. The minimum Gasteiger partial charge on any atom is -0.340 e. The number of nitriles is 1. The summed E-state index contributed by atoms with van der Waals surface area (Å²) >= 11 is 0. The molecule has 23 heavy (non-hydrogen) atoms. The Morgan fingerprint density at radius 2 is 1.78 bits per heavy atom. The molecule has 1 aromatic carbocycles. The van der Waals surface area contributed by atoms with Gasteiger partial charge < -0.3 is 4.90 Å². The molecule has 1 atom stereocenters. The molecule has 124 valence electrons. The van der Waals surface area contributed by atoms with Crippen LogP contribution in [-0.4, -0.2) is 41.9 Å². The Balaban J connectivity index is 2.02. The number of nitrogens with zero attached hydrogens (tertiary/aromatic N) is 3. The molecule has 1 aromatic rings. The van der Waals surface area contributed by atoms with Crippen LogP contribution in [-0.2, 0) is 4.79 Å². The maximum Gasteiger partial charge on any atom is 0.225 e. The molecule has 1 heterocycles. The standard InChI is InChI=1S/C19H27N3O/c1-4-16(5-2)19(23)22-12-10-21(11-13-22)18(14-20)17-9-7-6-8-15(17)3/h6-9,16,18H,4-5,10-13H2,1-3H3. The highest BCUT2D eigenvalue weighted by molar-refractivity contribution is 5.78. The zero-order valence-corrected chi connectivity index (χ0v) is 14.5. The van der Waals surface area contributed by atoms with Crippen molar-refractivity contribution in [3.05, 3.63) is 35.4 Å². The molecule has 4 nitrogen and oxygen atoms in total. The van der Waals surface area contributed by atoms with Gasteiger partial charge in [-0.05, 0) is 30.9 Å². The summed E-state index contributed by atoms with van der Waals surface area (Å²) in [6.45, 7) is 9.17. The number of carbonyl (C=O) groups excluding carboxylic acids is 1. The number of carbonyl (C=O) groups is 1. The first kappa shape index (κ1) is 17.5. The Morgan fingerprint density at radius 1 is 1.17 bits per heavy atom. The van der Waals surface area contributed by atoms with E-state index < -0.39 is 0 Å². The van der Waals surface area contributed by atoms with E-state index in [4.69, 9.17) is 0 Å². The van der Waals surface area contributed by atoms with E-state index in [1.54, 1.807) is 0 Å². The highest BCUT2D eigenvalue weighted by Crippen LogP contribution is 2.25. The monoisotopic (exact) mass is 313 g/mol. The topological polar surface area (TPSA) is 47.3 Å². The summed E-state index contributed by atoms with van der Waals surface area (Å²) in [6, 6.07) is 10.3. The molecule has 0 radical (unpaired) electrons. The molecule has 1 aliphatic heterocycles. The van der Waals surface area contributed by atoms with Crippen molar-refractivity contribution in [2.75, 3.05) is 26.2 Å². The van der Waals surface area contributed by atoms with Gasteiger partial charge in [-0.2, -0.15) is 5.26 Å². The van der Waals surface area contributed by atoms with Gasteiger partial charge in [0.25, 0.3) is 0 Å². The first-order valence-electron chi connectivity index (χ1n) is 8.60. The highest BCUT2D eigenvalue weighted by Gasteiger charge is 2.29. The van der Waals surface area contributed by atoms with Crippen LogP contribution in [0.25, 0.3) is 0 Å². The number of amides is 1. The smallest absolute Gasteiger partial charge is 0.225 e. The van der Waals surface area contributed by atoms with Crippen LogP contribution in [0.3, 0.4) is 0 Å². The normalized spacial score (nSPS) is 17.1. The van der Waals surface area contributed by atoms with E-state index in [-0.39, 0.29) is 17.9 Å². The zero-order chi connectivity index (χ0) is 16.8. The van der Waals surface area contributed by atoms with Crippen molar-refractivity contribution in [2.45, 2.75) is 39.7 Å². The molecule has 0 bridgehead atoms. The second-order valence-electron chi connectivity index (χ2n) is 6.26. The number of benzene rings is 1. The molecule has 1 aliphatic rings. The maximum absolute atomic E-state index is 12.5. The molecule has 0 saturated carbocycles. The van der Waals surface area contributed by atoms with Crippen molar-refractivity contribution >= 4 is 5.91 Å². The number of rotatable bonds is 5. The van der Waals surface area contributed by atoms with Gasteiger partial charge in [0.1, 0.15) is 6.04 Å². The molecule has 1 fully saturated rings. The van der Waals surface area contributed by atoms with Crippen LogP contribution in [0.2, 0.25) is 0 Å². The number of hydrogen-bond acceptors (Lipinski definition) is 3. The van der Waals surface area contributed by atoms with Crippen molar-refractivity contribution in [3.63, 3.8) is 0 Å². The van der Waals surface area contributed by atoms with Gasteiger partial charge in [0, 0.05) is 32.1 Å². The Morgan fingerprint density at radius 3 is 2.30 bits per heavy atom. The Labute approximate surface area is 139 Å². The predicted molar refractivity (Wildman–Crippen MR) is 91.8 cm³/mol. The summed E-state index contributed by atoms with van der Waals surface area (Å²) < 4.78 is 0. The summed E-state index contributed by atoms with van der Waals surface area (Å²) in [5.74, 6) is 0.420. The molecule has 0 spiro atoms. The van der Waals surface area contributed by atoms with Crippen LogP contribution < -0.4 is 0 Å².